The van der Waals surface area contributed by atoms with Crippen molar-refractivity contribution in [3.05, 3.63) is 55.6 Å². The topological polar surface area (TPSA) is 56.0 Å². The van der Waals surface area contributed by atoms with Gasteiger partial charge >= 0.3 is 0 Å². The van der Waals surface area contributed by atoms with Gasteiger partial charge in [0.15, 0.2) is 0 Å². The Morgan fingerprint density at radius 3 is 2.39 bits per heavy atom. The summed E-state index contributed by atoms with van der Waals surface area (Å²) in [5.74, 6) is 0. The van der Waals surface area contributed by atoms with E-state index in [2.05, 4.69) is 4.98 Å². The molecule has 0 spiro atoms. The van der Waals surface area contributed by atoms with Crippen LogP contribution in [-0.2, 0) is 0 Å². The summed E-state index contributed by atoms with van der Waals surface area (Å²) >= 11 is 17.4. The maximum Gasteiger partial charge on any atom is 0.274 e. The molecule has 7 heteroatoms. The molecule has 0 unspecified atom stereocenters. The summed E-state index contributed by atoms with van der Waals surface area (Å²) in [5.41, 5.74) is 0.846. The van der Waals surface area contributed by atoms with Crippen LogP contribution in [0.1, 0.15) is 0 Å². The van der Waals surface area contributed by atoms with Crippen molar-refractivity contribution < 1.29 is 4.92 Å². The molecule has 1 aromatic carbocycles. The highest BCUT2D eigenvalue weighted by Gasteiger charge is 2.12. The van der Waals surface area contributed by atoms with Crippen LogP contribution in [0.5, 0.6) is 0 Å². The third-order valence-corrected chi connectivity index (χ3v) is 3.14. The molecular weight excluding hydrogens is 298 g/mol. The van der Waals surface area contributed by atoms with Crippen LogP contribution < -0.4 is 0 Å². The molecule has 0 N–H and O–H groups in total. The molecule has 0 amide bonds. The van der Waals surface area contributed by atoms with Crippen molar-refractivity contribution in [3.8, 4) is 11.3 Å². The number of halogens is 3. The van der Waals surface area contributed by atoms with Gasteiger partial charge < -0.3 is 0 Å². The van der Waals surface area contributed by atoms with Gasteiger partial charge in [-0.1, -0.05) is 40.9 Å². The predicted molar refractivity (Wildman–Crippen MR) is 71.4 cm³/mol. The molecule has 0 atom stereocenters. The first kappa shape index (κ1) is 13.1. The Hall–Kier alpha value is -1.36. The van der Waals surface area contributed by atoms with E-state index in [1.165, 1.54) is 12.1 Å². The lowest BCUT2D eigenvalue weighted by Gasteiger charge is -2.03. The monoisotopic (exact) mass is 302 g/mol. The van der Waals surface area contributed by atoms with Crippen molar-refractivity contribution in [2.24, 2.45) is 0 Å². The van der Waals surface area contributed by atoms with E-state index in [4.69, 9.17) is 34.8 Å². The molecule has 1 aromatic heterocycles. The standard InChI is InChI=1S/C11H5Cl3N2O2/c12-8-2-1-6(3-9(8)13)10-4-7(16(17)18)5-11(14)15-10/h1-5H. The molecule has 18 heavy (non-hydrogen) atoms. The van der Waals surface area contributed by atoms with Gasteiger partial charge in [0.25, 0.3) is 5.69 Å². The first-order valence-electron chi connectivity index (χ1n) is 4.75. The molecule has 0 aliphatic carbocycles. The lowest BCUT2D eigenvalue weighted by molar-refractivity contribution is -0.384. The minimum absolute atomic E-state index is 0.0465. The summed E-state index contributed by atoms with van der Waals surface area (Å²) in [6, 6.07) is 7.34. The van der Waals surface area contributed by atoms with Gasteiger partial charge in [-0.05, 0) is 12.1 Å². The third-order valence-electron chi connectivity index (χ3n) is 2.21. The summed E-state index contributed by atoms with van der Waals surface area (Å²) in [4.78, 5) is 14.2. The summed E-state index contributed by atoms with van der Waals surface area (Å²) in [6.45, 7) is 0. The second-order valence-corrected chi connectivity index (χ2v) is 4.62. The Bertz CT molecular complexity index is 632. The zero-order chi connectivity index (χ0) is 13.3. The summed E-state index contributed by atoms with van der Waals surface area (Å²) in [6.07, 6.45) is 0. The fourth-order valence-electron chi connectivity index (χ4n) is 1.39. The molecule has 2 rings (SSSR count). The molecule has 0 aliphatic heterocycles. The largest absolute Gasteiger partial charge is 0.274 e. The lowest BCUT2D eigenvalue weighted by atomic mass is 10.1. The van der Waals surface area contributed by atoms with Crippen molar-refractivity contribution in [1.82, 2.24) is 4.98 Å². The molecule has 1 heterocycles. The molecule has 0 aliphatic rings. The molecule has 92 valence electrons. The first-order valence-corrected chi connectivity index (χ1v) is 5.88. The fourth-order valence-corrected chi connectivity index (χ4v) is 1.89. The van der Waals surface area contributed by atoms with Gasteiger partial charge in [-0.2, -0.15) is 0 Å². The van der Waals surface area contributed by atoms with Gasteiger partial charge in [0, 0.05) is 11.6 Å². The first-order chi connectivity index (χ1) is 8.47. The van der Waals surface area contributed by atoms with E-state index in [1.807, 2.05) is 0 Å². The Balaban J connectivity index is 2.56. The minimum atomic E-state index is -0.533. The number of pyridine rings is 1. The van der Waals surface area contributed by atoms with Crippen LogP contribution in [-0.4, -0.2) is 9.91 Å². The van der Waals surface area contributed by atoms with Crippen LogP contribution in [0.2, 0.25) is 15.2 Å². The molecule has 0 bridgehead atoms. The van der Waals surface area contributed by atoms with Crippen LogP contribution in [0.25, 0.3) is 11.3 Å². The van der Waals surface area contributed by atoms with Crippen LogP contribution in [0.15, 0.2) is 30.3 Å². The smallest absolute Gasteiger partial charge is 0.258 e. The Morgan fingerprint density at radius 1 is 1.06 bits per heavy atom. The zero-order valence-electron chi connectivity index (χ0n) is 8.73. The molecule has 0 saturated heterocycles. The van der Waals surface area contributed by atoms with Crippen LogP contribution in [0.3, 0.4) is 0 Å². The SMILES string of the molecule is O=[N+]([O-])c1cc(Cl)nc(-c2ccc(Cl)c(Cl)c2)c1. The van der Waals surface area contributed by atoms with Crippen molar-refractivity contribution in [3.63, 3.8) is 0 Å². The number of hydrogen-bond acceptors (Lipinski definition) is 3. The van der Waals surface area contributed by atoms with Gasteiger partial charge in [0.1, 0.15) is 5.15 Å². The molecular formula is C11H5Cl3N2O2. The minimum Gasteiger partial charge on any atom is -0.258 e. The average molecular weight is 304 g/mol. The second-order valence-electron chi connectivity index (χ2n) is 3.42. The fraction of sp³-hybridized carbons (Fsp3) is 0. The highest BCUT2D eigenvalue weighted by atomic mass is 35.5. The normalized spacial score (nSPS) is 10.4. The average Bonchev–Trinajstić information content (AvgIpc) is 2.31. The second kappa shape index (κ2) is 5.10. The van der Waals surface area contributed by atoms with Crippen molar-refractivity contribution in [2.75, 3.05) is 0 Å². The maximum atomic E-state index is 10.7. The number of aromatic nitrogens is 1. The number of rotatable bonds is 2. The Morgan fingerprint density at radius 2 is 1.78 bits per heavy atom. The number of nitro groups is 1. The quantitative estimate of drug-likeness (QED) is 0.462. The Kier molecular flexibility index (Phi) is 3.71. The summed E-state index contributed by atoms with van der Waals surface area (Å²) < 4.78 is 0. The Labute approximate surface area is 117 Å². The molecule has 0 saturated carbocycles. The highest BCUT2D eigenvalue weighted by Crippen LogP contribution is 2.30. The summed E-state index contributed by atoms with van der Waals surface area (Å²) in [7, 11) is 0. The van der Waals surface area contributed by atoms with Gasteiger partial charge in [-0.15, -0.1) is 0 Å². The molecule has 4 nitrogen and oxygen atoms in total. The molecule has 0 radical (unpaired) electrons. The van der Waals surface area contributed by atoms with E-state index in [0.29, 0.717) is 21.3 Å². The molecule has 0 fully saturated rings. The van der Waals surface area contributed by atoms with Crippen molar-refractivity contribution in [2.45, 2.75) is 0 Å². The summed E-state index contributed by atoms with van der Waals surface area (Å²) in [5, 5.41) is 11.5. The highest BCUT2D eigenvalue weighted by molar-refractivity contribution is 6.42. The van der Waals surface area contributed by atoms with E-state index in [-0.39, 0.29) is 10.8 Å². The molecule has 2 aromatic rings. The van der Waals surface area contributed by atoms with E-state index >= 15 is 0 Å². The lowest BCUT2D eigenvalue weighted by Crippen LogP contribution is -1.92. The number of nitrogens with zero attached hydrogens (tertiary/aromatic N) is 2. The van der Waals surface area contributed by atoms with Crippen molar-refractivity contribution >= 4 is 40.5 Å². The van der Waals surface area contributed by atoms with Crippen LogP contribution >= 0.6 is 34.8 Å². The van der Waals surface area contributed by atoms with E-state index in [1.54, 1.807) is 18.2 Å². The number of benzene rings is 1. The van der Waals surface area contributed by atoms with Crippen LogP contribution in [0.4, 0.5) is 5.69 Å². The van der Waals surface area contributed by atoms with E-state index < -0.39 is 4.92 Å². The van der Waals surface area contributed by atoms with Crippen LogP contribution in [0, 0.1) is 10.1 Å². The van der Waals surface area contributed by atoms with Crippen molar-refractivity contribution in [1.29, 1.82) is 0 Å². The van der Waals surface area contributed by atoms with Gasteiger partial charge in [-0.3, -0.25) is 10.1 Å². The third kappa shape index (κ3) is 2.72. The number of hydrogen-bond donors (Lipinski definition) is 0. The predicted octanol–water partition coefficient (Wildman–Crippen LogP) is 4.62. The van der Waals surface area contributed by atoms with E-state index in [9.17, 15) is 10.1 Å². The zero-order valence-corrected chi connectivity index (χ0v) is 11.0. The van der Waals surface area contributed by atoms with Gasteiger partial charge in [0.2, 0.25) is 0 Å². The maximum absolute atomic E-state index is 10.7. The van der Waals surface area contributed by atoms with E-state index in [0.717, 1.165) is 0 Å². The van der Waals surface area contributed by atoms with Gasteiger partial charge in [-0.25, -0.2) is 4.98 Å². The van der Waals surface area contributed by atoms with Gasteiger partial charge in [0.05, 0.1) is 26.7 Å².